The normalized spacial score (nSPS) is 15.6. The first-order chi connectivity index (χ1) is 6.65. The summed E-state index contributed by atoms with van der Waals surface area (Å²) in [4.78, 5) is 11.3. The van der Waals surface area contributed by atoms with E-state index in [1.807, 2.05) is 7.05 Å². The molecule has 4 nitrogen and oxygen atoms in total. The van der Waals surface area contributed by atoms with E-state index < -0.39 is 0 Å². The summed E-state index contributed by atoms with van der Waals surface area (Å²) < 4.78 is 7.41. The third kappa shape index (κ3) is 1.53. The molecular formula is C9H11IN2O2. The molecule has 0 radical (unpaired) electrons. The number of aryl methyl sites for hydroxylation is 1. The number of carbonyl (C=O) groups excluding carboxylic acids is 1. The summed E-state index contributed by atoms with van der Waals surface area (Å²) in [6.45, 7) is 0. The van der Waals surface area contributed by atoms with Gasteiger partial charge in [0.2, 0.25) is 0 Å². The maximum absolute atomic E-state index is 11.3. The summed E-state index contributed by atoms with van der Waals surface area (Å²) in [5.74, 6) is 0.245. The van der Waals surface area contributed by atoms with Crippen molar-refractivity contribution in [3.8, 4) is 0 Å². The third-order valence-corrected chi connectivity index (χ3v) is 3.44. The largest absolute Gasteiger partial charge is 0.464 e. The van der Waals surface area contributed by atoms with Crippen LogP contribution in [0.2, 0.25) is 0 Å². The second kappa shape index (κ2) is 3.52. The fraction of sp³-hybridized carbons (Fsp3) is 0.556. The Bertz CT molecular complexity index is 382. The fourth-order valence-electron chi connectivity index (χ4n) is 1.54. The minimum atomic E-state index is -0.350. The van der Waals surface area contributed by atoms with E-state index in [0.29, 0.717) is 11.6 Å². The lowest BCUT2D eigenvalue weighted by Crippen LogP contribution is -2.04. The molecule has 0 spiro atoms. The molecule has 14 heavy (non-hydrogen) atoms. The quantitative estimate of drug-likeness (QED) is 0.617. The number of carbonyl (C=O) groups is 1. The highest BCUT2D eigenvalue weighted by molar-refractivity contribution is 14.1. The zero-order valence-corrected chi connectivity index (χ0v) is 10.2. The van der Waals surface area contributed by atoms with E-state index in [1.54, 1.807) is 4.68 Å². The number of nitrogens with zero attached hydrogens (tertiary/aromatic N) is 2. The second-order valence-corrected chi connectivity index (χ2v) is 4.52. The third-order valence-electron chi connectivity index (χ3n) is 2.37. The Morgan fingerprint density at radius 1 is 1.64 bits per heavy atom. The lowest BCUT2D eigenvalue weighted by Gasteiger charge is -1.97. The summed E-state index contributed by atoms with van der Waals surface area (Å²) in [7, 11) is 3.26. The van der Waals surface area contributed by atoms with E-state index >= 15 is 0 Å². The number of methoxy groups -OCH3 is 1. The van der Waals surface area contributed by atoms with Gasteiger partial charge in [-0.1, -0.05) is 0 Å². The number of hydrogen-bond acceptors (Lipinski definition) is 3. The van der Waals surface area contributed by atoms with Gasteiger partial charge in [0.05, 0.1) is 16.4 Å². The van der Waals surface area contributed by atoms with E-state index in [1.165, 1.54) is 25.6 Å². The van der Waals surface area contributed by atoms with Gasteiger partial charge in [-0.15, -0.1) is 0 Å². The predicted octanol–water partition coefficient (Wildman–Crippen LogP) is 1.69. The molecule has 0 saturated heterocycles. The molecule has 1 saturated carbocycles. The van der Waals surface area contributed by atoms with Crippen LogP contribution in [0.4, 0.5) is 0 Å². The Hall–Kier alpha value is -0.590. The molecule has 1 aliphatic rings. The smallest absolute Gasteiger partial charge is 0.359 e. The van der Waals surface area contributed by atoms with Gasteiger partial charge in [0.1, 0.15) is 0 Å². The molecule has 1 aliphatic carbocycles. The Balaban J connectivity index is 2.43. The molecule has 0 aromatic carbocycles. The first-order valence-corrected chi connectivity index (χ1v) is 5.53. The molecule has 1 heterocycles. The SMILES string of the molecule is COC(=O)c1nn(C)c(C2CC2)c1I. The average molecular weight is 306 g/mol. The number of halogens is 1. The molecule has 76 valence electrons. The van der Waals surface area contributed by atoms with Crippen LogP contribution in [-0.2, 0) is 11.8 Å². The lowest BCUT2D eigenvalue weighted by molar-refractivity contribution is 0.0592. The highest BCUT2D eigenvalue weighted by Gasteiger charge is 2.32. The molecule has 0 aliphatic heterocycles. The molecule has 0 atom stereocenters. The van der Waals surface area contributed by atoms with Crippen LogP contribution in [0.15, 0.2) is 0 Å². The highest BCUT2D eigenvalue weighted by atomic mass is 127. The fourth-order valence-corrected chi connectivity index (χ4v) is 2.66. The van der Waals surface area contributed by atoms with E-state index in [9.17, 15) is 4.79 Å². The summed E-state index contributed by atoms with van der Waals surface area (Å²) in [5.41, 5.74) is 1.61. The van der Waals surface area contributed by atoms with E-state index in [0.717, 1.165) is 3.57 Å². The zero-order chi connectivity index (χ0) is 10.3. The standard InChI is InChI=1S/C9H11IN2O2/c1-12-8(5-3-4-5)6(10)7(11-12)9(13)14-2/h5H,3-4H2,1-2H3. The Morgan fingerprint density at radius 2 is 2.29 bits per heavy atom. The van der Waals surface area contributed by atoms with Crippen molar-refractivity contribution < 1.29 is 9.53 Å². The van der Waals surface area contributed by atoms with Crippen LogP contribution in [0.25, 0.3) is 0 Å². The first-order valence-electron chi connectivity index (χ1n) is 4.46. The van der Waals surface area contributed by atoms with Gasteiger partial charge in [-0.25, -0.2) is 4.79 Å². The van der Waals surface area contributed by atoms with Crippen molar-refractivity contribution in [2.45, 2.75) is 18.8 Å². The zero-order valence-electron chi connectivity index (χ0n) is 8.08. The van der Waals surface area contributed by atoms with Crippen LogP contribution in [0.5, 0.6) is 0 Å². The number of rotatable bonds is 2. The van der Waals surface area contributed by atoms with Gasteiger partial charge < -0.3 is 4.74 Å². The van der Waals surface area contributed by atoms with Crippen molar-refractivity contribution in [3.63, 3.8) is 0 Å². The van der Waals surface area contributed by atoms with E-state index in [2.05, 4.69) is 32.4 Å². The monoisotopic (exact) mass is 306 g/mol. The second-order valence-electron chi connectivity index (χ2n) is 3.44. The van der Waals surface area contributed by atoms with Crippen molar-refractivity contribution in [2.24, 2.45) is 7.05 Å². The molecule has 2 rings (SSSR count). The van der Waals surface area contributed by atoms with Gasteiger partial charge in [-0.3, -0.25) is 4.68 Å². The van der Waals surface area contributed by atoms with Crippen LogP contribution in [-0.4, -0.2) is 22.9 Å². The summed E-state index contributed by atoms with van der Waals surface area (Å²) in [6, 6.07) is 0. The van der Waals surface area contributed by atoms with Crippen molar-refractivity contribution in [3.05, 3.63) is 15.0 Å². The average Bonchev–Trinajstić information content (AvgIpc) is 2.93. The molecule has 1 fully saturated rings. The minimum absolute atomic E-state index is 0.350. The van der Waals surface area contributed by atoms with Crippen LogP contribution >= 0.6 is 22.6 Å². The highest BCUT2D eigenvalue weighted by Crippen LogP contribution is 2.42. The molecule has 1 aromatic rings. The molecule has 5 heteroatoms. The van der Waals surface area contributed by atoms with Crippen molar-refractivity contribution in [2.75, 3.05) is 7.11 Å². The lowest BCUT2D eigenvalue weighted by atomic mass is 10.2. The Morgan fingerprint density at radius 3 is 2.79 bits per heavy atom. The van der Waals surface area contributed by atoms with Crippen molar-refractivity contribution in [1.29, 1.82) is 0 Å². The van der Waals surface area contributed by atoms with Gasteiger partial charge in [0, 0.05) is 13.0 Å². The van der Waals surface area contributed by atoms with Crippen LogP contribution in [0.3, 0.4) is 0 Å². The maximum atomic E-state index is 11.3. The van der Waals surface area contributed by atoms with Gasteiger partial charge in [-0.2, -0.15) is 5.10 Å². The molecule has 0 N–H and O–H groups in total. The minimum Gasteiger partial charge on any atom is -0.464 e. The number of hydrogen-bond donors (Lipinski definition) is 0. The van der Waals surface area contributed by atoms with Gasteiger partial charge in [-0.05, 0) is 35.4 Å². The van der Waals surface area contributed by atoms with Crippen LogP contribution in [0, 0.1) is 3.57 Å². The summed E-state index contributed by atoms with van der Waals surface area (Å²) in [5, 5.41) is 4.18. The topological polar surface area (TPSA) is 44.1 Å². The Labute approximate surface area is 95.8 Å². The molecular weight excluding hydrogens is 295 g/mol. The first kappa shape index (κ1) is 9.95. The maximum Gasteiger partial charge on any atom is 0.359 e. The van der Waals surface area contributed by atoms with E-state index in [4.69, 9.17) is 0 Å². The Kier molecular flexibility index (Phi) is 2.50. The van der Waals surface area contributed by atoms with Gasteiger partial charge >= 0.3 is 5.97 Å². The predicted molar refractivity (Wildman–Crippen MR) is 59.2 cm³/mol. The van der Waals surface area contributed by atoms with Gasteiger partial charge in [0.15, 0.2) is 5.69 Å². The summed E-state index contributed by atoms with van der Waals surface area (Å²) in [6.07, 6.45) is 2.41. The van der Waals surface area contributed by atoms with Crippen molar-refractivity contribution in [1.82, 2.24) is 9.78 Å². The summed E-state index contributed by atoms with van der Waals surface area (Å²) >= 11 is 2.17. The van der Waals surface area contributed by atoms with E-state index in [-0.39, 0.29) is 5.97 Å². The number of esters is 1. The molecule has 0 unspecified atom stereocenters. The molecule has 0 bridgehead atoms. The number of aromatic nitrogens is 2. The van der Waals surface area contributed by atoms with Gasteiger partial charge in [0.25, 0.3) is 0 Å². The van der Waals surface area contributed by atoms with Crippen LogP contribution < -0.4 is 0 Å². The van der Waals surface area contributed by atoms with Crippen LogP contribution in [0.1, 0.15) is 34.9 Å². The van der Waals surface area contributed by atoms with Crippen molar-refractivity contribution >= 4 is 28.6 Å². The molecule has 0 amide bonds. The number of ether oxygens (including phenoxy) is 1. The molecule has 1 aromatic heterocycles.